The first kappa shape index (κ1) is 17.3. The van der Waals surface area contributed by atoms with Crippen LogP contribution in [0.15, 0.2) is 24.5 Å². The van der Waals surface area contributed by atoms with E-state index in [9.17, 15) is 4.79 Å². The van der Waals surface area contributed by atoms with E-state index in [1.54, 1.807) is 0 Å². The second kappa shape index (κ2) is 8.00. The maximum Gasteiger partial charge on any atom is 0.222 e. The first-order chi connectivity index (χ1) is 10.4. The zero-order valence-electron chi connectivity index (χ0n) is 14.0. The van der Waals surface area contributed by atoms with Crippen molar-refractivity contribution in [3.8, 4) is 0 Å². The lowest BCUT2D eigenvalue weighted by molar-refractivity contribution is -0.130. The van der Waals surface area contributed by atoms with E-state index >= 15 is 0 Å². The first-order valence-corrected chi connectivity index (χ1v) is 9.23. The molecule has 1 aromatic heterocycles. The average Bonchev–Trinajstić information content (AvgIpc) is 2.92. The number of carbonyl (C=O) groups excluding carboxylic acids is 1. The number of pyridine rings is 1. The third kappa shape index (κ3) is 5.99. The Bertz CT molecular complexity index is 470. The maximum absolute atomic E-state index is 12.3. The minimum Gasteiger partial charge on any atom is -0.342 e. The van der Waals surface area contributed by atoms with Crippen LogP contribution in [0.4, 0.5) is 0 Å². The molecule has 2 rings (SSSR count). The molecule has 1 atom stereocenters. The van der Waals surface area contributed by atoms with E-state index in [4.69, 9.17) is 0 Å². The lowest BCUT2D eigenvalue weighted by Crippen LogP contribution is -2.28. The molecule has 0 unspecified atom stereocenters. The first-order valence-electron chi connectivity index (χ1n) is 8.25. The summed E-state index contributed by atoms with van der Waals surface area (Å²) in [6.45, 7) is 8.53. The van der Waals surface area contributed by atoms with Gasteiger partial charge in [0.25, 0.3) is 0 Å². The van der Waals surface area contributed by atoms with Crippen LogP contribution < -0.4 is 0 Å². The number of carbonyl (C=O) groups is 1. The fraction of sp³-hybridized carbons (Fsp3) is 0.667. The van der Waals surface area contributed by atoms with Crippen LogP contribution in [0.3, 0.4) is 0 Å². The van der Waals surface area contributed by atoms with Crippen molar-refractivity contribution in [1.29, 1.82) is 0 Å². The van der Waals surface area contributed by atoms with Gasteiger partial charge in [0.2, 0.25) is 5.91 Å². The van der Waals surface area contributed by atoms with Gasteiger partial charge in [0.1, 0.15) is 0 Å². The van der Waals surface area contributed by atoms with E-state index in [2.05, 4.69) is 42.8 Å². The molecule has 0 N–H and O–H groups in total. The van der Waals surface area contributed by atoms with Crippen LogP contribution in [-0.2, 0) is 11.2 Å². The predicted octanol–water partition coefficient (Wildman–Crippen LogP) is 3.78. The topological polar surface area (TPSA) is 33.2 Å². The van der Waals surface area contributed by atoms with Crippen molar-refractivity contribution < 1.29 is 4.79 Å². The summed E-state index contributed by atoms with van der Waals surface area (Å²) in [5.74, 6) is 2.02. The third-order valence-electron chi connectivity index (χ3n) is 3.98. The average molecular weight is 321 g/mol. The Morgan fingerprint density at radius 1 is 1.36 bits per heavy atom. The normalized spacial score (nSPS) is 18.7. The van der Waals surface area contributed by atoms with Crippen LogP contribution in [0.25, 0.3) is 0 Å². The summed E-state index contributed by atoms with van der Waals surface area (Å²) < 4.78 is 0.298. The van der Waals surface area contributed by atoms with Gasteiger partial charge in [-0.05, 0) is 48.6 Å². The van der Waals surface area contributed by atoms with Gasteiger partial charge >= 0.3 is 0 Å². The van der Waals surface area contributed by atoms with Crippen LogP contribution >= 0.6 is 11.8 Å². The number of likely N-dealkylation sites (tertiary alicyclic amines) is 1. The second-order valence-electron chi connectivity index (χ2n) is 7.12. The number of amides is 1. The third-order valence-corrected chi connectivity index (χ3v) is 5.34. The summed E-state index contributed by atoms with van der Waals surface area (Å²) in [4.78, 5) is 18.4. The van der Waals surface area contributed by atoms with Gasteiger partial charge in [0.15, 0.2) is 0 Å². The monoisotopic (exact) mass is 320 g/mol. The number of hydrogen-bond acceptors (Lipinski definition) is 3. The van der Waals surface area contributed by atoms with Crippen molar-refractivity contribution in [2.75, 3.05) is 18.8 Å². The molecule has 4 heteroatoms. The largest absolute Gasteiger partial charge is 0.342 e. The fourth-order valence-corrected chi connectivity index (χ4v) is 3.74. The molecular weight excluding hydrogens is 292 g/mol. The summed E-state index contributed by atoms with van der Waals surface area (Å²) in [6, 6.07) is 4.16. The van der Waals surface area contributed by atoms with E-state index in [-0.39, 0.29) is 0 Å². The highest BCUT2D eigenvalue weighted by atomic mass is 32.2. The molecule has 2 heterocycles. The smallest absolute Gasteiger partial charge is 0.222 e. The number of nitrogens with zero attached hydrogens (tertiary/aromatic N) is 2. The maximum atomic E-state index is 12.3. The molecule has 1 amide bonds. The van der Waals surface area contributed by atoms with Gasteiger partial charge in [-0.3, -0.25) is 9.78 Å². The molecule has 0 aliphatic carbocycles. The lowest BCUT2D eigenvalue weighted by Gasteiger charge is -2.19. The SMILES string of the molecule is CC(C)(C)SCCCC(=O)N1CC[C@@H](Cc2ccncc2)C1. The fourth-order valence-electron chi connectivity index (χ4n) is 2.84. The van der Waals surface area contributed by atoms with Crippen molar-refractivity contribution >= 4 is 17.7 Å². The molecule has 3 nitrogen and oxygen atoms in total. The van der Waals surface area contributed by atoms with Crippen LogP contribution in [0, 0.1) is 5.92 Å². The summed E-state index contributed by atoms with van der Waals surface area (Å²) in [7, 11) is 0. The van der Waals surface area contributed by atoms with E-state index < -0.39 is 0 Å². The Kier molecular flexibility index (Phi) is 6.30. The molecule has 1 aliphatic rings. The highest BCUT2D eigenvalue weighted by Crippen LogP contribution is 2.25. The Labute approximate surface area is 138 Å². The van der Waals surface area contributed by atoms with Crippen LogP contribution in [0.5, 0.6) is 0 Å². The highest BCUT2D eigenvalue weighted by molar-refractivity contribution is 8.00. The minimum absolute atomic E-state index is 0.298. The Morgan fingerprint density at radius 3 is 2.77 bits per heavy atom. The molecule has 0 bridgehead atoms. The molecule has 0 spiro atoms. The second-order valence-corrected chi connectivity index (χ2v) is 9.04. The van der Waals surface area contributed by atoms with Crippen molar-refractivity contribution in [2.24, 2.45) is 5.92 Å². The standard InChI is InChI=1S/C18H28N2OS/c1-18(2,3)22-12-4-5-17(21)20-11-8-16(14-20)13-15-6-9-19-10-7-15/h6-7,9-10,16H,4-5,8,11-14H2,1-3H3/t16-/m0/s1. The number of thioether (sulfide) groups is 1. The number of hydrogen-bond donors (Lipinski definition) is 0. The summed E-state index contributed by atoms with van der Waals surface area (Å²) in [6.07, 6.45) is 7.58. The molecule has 0 saturated carbocycles. The Morgan fingerprint density at radius 2 is 2.09 bits per heavy atom. The molecular formula is C18H28N2OS. The van der Waals surface area contributed by atoms with E-state index in [1.165, 1.54) is 5.56 Å². The van der Waals surface area contributed by atoms with Gasteiger partial charge in [-0.15, -0.1) is 0 Å². The summed E-state index contributed by atoms with van der Waals surface area (Å²) >= 11 is 1.94. The van der Waals surface area contributed by atoms with Crippen molar-refractivity contribution in [2.45, 2.75) is 51.2 Å². The molecule has 1 fully saturated rings. The van der Waals surface area contributed by atoms with E-state index in [0.29, 0.717) is 23.0 Å². The summed E-state index contributed by atoms with van der Waals surface area (Å²) in [5, 5.41) is 0. The molecule has 1 saturated heterocycles. The van der Waals surface area contributed by atoms with Crippen LogP contribution in [0.1, 0.15) is 45.6 Å². The number of aromatic nitrogens is 1. The van der Waals surface area contributed by atoms with Gasteiger partial charge in [-0.1, -0.05) is 20.8 Å². The van der Waals surface area contributed by atoms with Gasteiger partial charge in [0.05, 0.1) is 0 Å². The minimum atomic E-state index is 0.298. The summed E-state index contributed by atoms with van der Waals surface area (Å²) in [5.41, 5.74) is 1.33. The van der Waals surface area contributed by atoms with Crippen molar-refractivity contribution in [1.82, 2.24) is 9.88 Å². The molecule has 0 radical (unpaired) electrons. The number of rotatable bonds is 6. The molecule has 122 valence electrons. The van der Waals surface area contributed by atoms with E-state index in [0.717, 1.165) is 38.1 Å². The Hall–Kier alpha value is -1.03. The molecule has 22 heavy (non-hydrogen) atoms. The quantitative estimate of drug-likeness (QED) is 0.748. The van der Waals surface area contributed by atoms with Crippen LogP contribution in [-0.4, -0.2) is 39.4 Å². The lowest BCUT2D eigenvalue weighted by atomic mass is 10.00. The van der Waals surface area contributed by atoms with Gasteiger partial charge < -0.3 is 4.90 Å². The molecule has 1 aliphatic heterocycles. The highest BCUT2D eigenvalue weighted by Gasteiger charge is 2.25. The van der Waals surface area contributed by atoms with Gasteiger partial charge in [-0.25, -0.2) is 0 Å². The molecule has 1 aromatic rings. The van der Waals surface area contributed by atoms with Crippen molar-refractivity contribution in [3.05, 3.63) is 30.1 Å². The predicted molar refractivity (Wildman–Crippen MR) is 94.1 cm³/mol. The van der Waals surface area contributed by atoms with Crippen molar-refractivity contribution in [3.63, 3.8) is 0 Å². The van der Waals surface area contributed by atoms with Gasteiger partial charge in [0, 0.05) is 36.7 Å². The van der Waals surface area contributed by atoms with Gasteiger partial charge in [-0.2, -0.15) is 11.8 Å². The Balaban J connectivity index is 1.68. The zero-order chi connectivity index (χ0) is 16.0. The zero-order valence-corrected chi connectivity index (χ0v) is 14.9. The molecule has 0 aromatic carbocycles. The van der Waals surface area contributed by atoms with E-state index in [1.807, 2.05) is 24.2 Å². The van der Waals surface area contributed by atoms with Crippen LogP contribution in [0.2, 0.25) is 0 Å².